The Bertz CT molecular complexity index is 262. The molecule has 0 aliphatic carbocycles. The number of ether oxygens (including phenoxy) is 1. The van der Waals surface area contributed by atoms with Gasteiger partial charge in [-0.1, -0.05) is 19.1 Å². The molecule has 2 heteroatoms. The molecule has 0 fully saturated rings. The summed E-state index contributed by atoms with van der Waals surface area (Å²) in [5.41, 5.74) is 1.83. The van der Waals surface area contributed by atoms with Crippen molar-refractivity contribution in [2.24, 2.45) is 0 Å². The lowest BCUT2D eigenvalue weighted by Crippen LogP contribution is -2.00. The normalized spacial score (nSPS) is 9.50. The molecule has 0 bridgehead atoms. The van der Waals surface area contributed by atoms with E-state index in [2.05, 4.69) is 11.7 Å². The molecular weight excluding hydrogens is 152 g/mol. The summed E-state index contributed by atoms with van der Waals surface area (Å²) in [7, 11) is 1.38. The summed E-state index contributed by atoms with van der Waals surface area (Å²) < 4.78 is 4.57. The van der Waals surface area contributed by atoms with Crippen LogP contribution in [0.4, 0.5) is 0 Å². The van der Waals surface area contributed by atoms with Gasteiger partial charge in [0.2, 0.25) is 0 Å². The van der Waals surface area contributed by atoms with Gasteiger partial charge in [0, 0.05) is 0 Å². The molecule has 64 valence electrons. The van der Waals surface area contributed by atoms with Crippen LogP contribution in [-0.4, -0.2) is 13.1 Å². The quantitative estimate of drug-likeness (QED) is 0.625. The second kappa shape index (κ2) is 3.90. The predicted molar refractivity (Wildman–Crippen MR) is 47.2 cm³/mol. The van der Waals surface area contributed by atoms with Crippen molar-refractivity contribution < 1.29 is 9.53 Å². The summed E-state index contributed by atoms with van der Waals surface area (Å²) in [4.78, 5) is 11.0. The molecule has 0 heterocycles. The van der Waals surface area contributed by atoms with E-state index in [4.69, 9.17) is 0 Å². The maximum atomic E-state index is 11.0. The minimum Gasteiger partial charge on any atom is -0.465 e. The van der Waals surface area contributed by atoms with Gasteiger partial charge in [0.15, 0.2) is 0 Å². The van der Waals surface area contributed by atoms with Crippen molar-refractivity contribution in [3.8, 4) is 0 Å². The molecular formula is C10H12O2. The van der Waals surface area contributed by atoms with Crippen molar-refractivity contribution in [2.75, 3.05) is 7.11 Å². The second-order valence-corrected chi connectivity index (χ2v) is 2.54. The second-order valence-electron chi connectivity index (χ2n) is 2.54. The molecule has 2 nitrogen and oxygen atoms in total. The maximum absolute atomic E-state index is 11.0. The maximum Gasteiger partial charge on any atom is 0.337 e. The topological polar surface area (TPSA) is 26.3 Å². The zero-order chi connectivity index (χ0) is 8.97. The molecule has 0 aliphatic heterocycles. The Kier molecular flexibility index (Phi) is 2.86. The van der Waals surface area contributed by atoms with Gasteiger partial charge in [0.25, 0.3) is 0 Å². The summed E-state index contributed by atoms with van der Waals surface area (Å²) in [6.07, 6.45) is 0.988. The molecule has 1 aromatic rings. The Hall–Kier alpha value is -1.31. The highest BCUT2D eigenvalue weighted by Gasteiger charge is 2.02. The van der Waals surface area contributed by atoms with Gasteiger partial charge in [-0.15, -0.1) is 0 Å². The highest BCUT2D eigenvalue weighted by Crippen LogP contribution is 2.05. The number of hydrogen-bond donors (Lipinski definition) is 0. The van der Waals surface area contributed by atoms with E-state index >= 15 is 0 Å². The standard InChI is InChI=1S/C10H12O2/c1-3-8-4-6-9(7-5-8)10(11)12-2/h4-7H,3H2,1-2H3. The first-order chi connectivity index (χ1) is 5.77. The van der Waals surface area contributed by atoms with E-state index in [-0.39, 0.29) is 5.97 Å². The number of carbonyl (C=O) groups is 1. The minimum atomic E-state index is -0.280. The number of hydrogen-bond acceptors (Lipinski definition) is 2. The number of rotatable bonds is 2. The minimum absolute atomic E-state index is 0.280. The summed E-state index contributed by atoms with van der Waals surface area (Å²) in [5.74, 6) is -0.280. The summed E-state index contributed by atoms with van der Waals surface area (Å²) in [6, 6.07) is 7.44. The fraction of sp³-hybridized carbons (Fsp3) is 0.300. The molecule has 0 radical (unpaired) electrons. The van der Waals surface area contributed by atoms with Gasteiger partial charge in [-0.3, -0.25) is 0 Å². The van der Waals surface area contributed by atoms with Crippen LogP contribution in [0.3, 0.4) is 0 Å². The molecule has 0 spiro atoms. The van der Waals surface area contributed by atoms with E-state index < -0.39 is 0 Å². The van der Waals surface area contributed by atoms with Crippen LogP contribution in [0.5, 0.6) is 0 Å². The molecule has 0 amide bonds. The van der Waals surface area contributed by atoms with Crippen molar-refractivity contribution in [2.45, 2.75) is 13.3 Å². The van der Waals surface area contributed by atoms with Gasteiger partial charge in [-0.2, -0.15) is 0 Å². The molecule has 0 saturated carbocycles. The number of benzene rings is 1. The summed E-state index contributed by atoms with van der Waals surface area (Å²) >= 11 is 0. The van der Waals surface area contributed by atoms with Gasteiger partial charge in [-0.05, 0) is 24.1 Å². The van der Waals surface area contributed by atoms with Crippen molar-refractivity contribution in [1.29, 1.82) is 0 Å². The van der Waals surface area contributed by atoms with Crippen LogP contribution in [0.15, 0.2) is 24.3 Å². The SMILES string of the molecule is CCc1ccc(C(=O)OC)cc1. The van der Waals surface area contributed by atoms with E-state index in [9.17, 15) is 4.79 Å². The summed E-state index contributed by atoms with van der Waals surface area (Å²) in [5, 5.41) is 0. The van der Waals surface area contributed by atoms with E-state index in [0.717, 1.165) is 6.42 Å². The predicted octanol–water partition coefficient (Wildman–Crippen LogP) is 2.04. The molecule has 0 N–H and O–H groups in total. The van der Waals surface area contributed by atoms with E-state index in [1.165, 1.54) is 12.7 Å². The molecule has 1 rings (SSSR count). The fourth-order valence-corrected chi connectivity index (χ4v) is 0.994. The van der Waals surface area contributed by atoms with Crippen LogP contribution in [0.2, 0.25) is 0 Å². The number of methoxy groups -OCH3 is 1. The molecule has 12 heavy (non-hydrogen) atoms. The zero-order valence-electron chi connectivity index (χ0n) is 7.33. The fourth-order valence-electron chi connectivity index (χ4n) is 0.994. The van der Waals surface area contributed by atoms with E-state index in [0.29, 0.717) is 5.56 Å². The first-order valence-electron chi connectivity index (χ1n) is 3.95. The highest BCUT2D eigenvalue weighted by molar-refractivity contribution is 5.89. The average molecular weight is 164 g/mol. The van der Waals surface area contributed by atoms with Crippen LogP contribution < -0.4 is 0 Å². The lowest BCUT2D eigenvalue weighted by molar-refractivity contribution is 0.0601. The first kappa shape index (κ1) is 8.78. The van der Waals surface area contributed by atoms with E-state index in [1.807, 2.05) is 12.1 Å². The van der Waals surface area contributed by atoms with E-state index in [1.54, 1.807) is 12.1 Å². The summed E-state index contributed by atoms with van der Waals surface area (Å²) in [6.45, 7) is 2.08. The Balaban J connectivity index is 2.84. The third kappa shape index (κ3) is 1.84. The molecule has 1 aromatic carbocycles. The van der Waals surface area contributed by atoms with Crippen LogP contribution in [0.25, 0.3) is 0 Å². The largest absolute Gasteiger partial charge is 0.465 e. The van der Waals surface area contributed by atoms with Gasteiger partial charge < -0.3 is 4.74 Å². The first-order valence-corrected chi connectivity index (χ1v) is 3.95. The Labute approximate surface area is 72.2 Å². The van der Waals surface area contributed by atoms with Gasteiger partial charge in [0.05, 0.1) is 12.7 Å². The Morgan fingerprint density at radius 1 is 1.33 bits per heavy atom. The van der Waals surface area contributed by atoms with Crippen LogP contribution >= 0.6 is 0 Å². The number of carbonyl (C=O) groups excluding carboxylic acids is 1. The molecule has 0 saturated heterocycles. The van der Waals surface area contributed by atoms with Gasteiger partial charge in [0.1, 0.15) is 0 Å². The number of esters is 1. The van der Waals surface area contributed by atoms with Crippen molar-refractivity contribution in [1.82, 2.24) is 0 Å². The third-order valence-corrected chi connectivity index (χ3v) is 1.78. The van der Waals surface area contributed by atoms with Crippen LogP contribution in [0.1, 0.15) is 22.8 Å². The van der Waals surface area contributed by atoms with Crippen LogP contribution in [0, 0.1) is 0 Å². The highest BCUT2D eigenvalue weighted by atomic mass is 16.5. The Morgan fingerprint density at radius 2 is 1.92 bits per heavy atom. The average Bonchev–Trinajstić information content (AvgIpc) is 2.17. The lowest BCUT2D eigenvalue weighted by Gasteiger charge is -1.99. The van der Waals surface area contributed by atoms with Gasteiger partial charge in [-0.25, -0.2) is 4.79 Å². The van der Waals surface area contributed by atoms with Crippen molar-refractivity contribution >= 4 is 5.97 Å². The lowest BCUT2D eigenvalue weighted by atomic mass is 10.1. The molecule has 0 aromatic heterocycles. The monoisotopic (exact) mass is 164 g/mol. The Morgan fingerprint density at radius 3 is 2.33 bits per heavy atom. The van der Waals surface area contributed by atoms with Crippen LogP contribution in [-0.2, 0) is 11.2 Å². The molecule has 0 atom stereocenters. The van der Waals surface area contributed by atoms with Gasteiger partial charge >= 0.3 is 5.97 Å². The molecule has 0 unspecified atom stereocenters. The third-order valence-electron chi connectivity index (χ3n) is 1.78. The smallest absolute Gasteiger partial charge is 0.337 e. The zero-order valence-corrected chi connectivity index (χ0v) is 7.33. The van der Waals surface area contributed by atoms with Crippen molar-refractivity contribution in [3.63, 3.8) is 0 Å². The number of aryl methyl sites for hydroxylation is 1. The van der Waals surface area contributed by atoms with Crippen molar-refractivity contribution in [3.05, 3.63) is 35.4 Å². The molecule has 0 aliphatic rings.